The maximum absolute atomic E-state index is 13.4. The molecule has 1 unspecified atom stereocenters. The normalized spacial score (nSPS) is 11.4. The third-order valence-corrected chi connectivity index (χ3v) is 2.11. The van der Waals surface area contributed by atoms with E-state index in [1.807, 2.05) is 6.07 Å². The van der Waals surface area contributed by atoms with E-state index in [0.717, 1.165) is 6.07 Å². The fraction of sp³-hybridized carbons (Fsp3) is 0.273. The Bertz CT molecular complexity index is 439. The Morgan fingerprint density at radius 3 is 2.75 bits per heavy atom. The van der Waals surface area contributed by atoms with Crippen molar-refractivity contribution in [1.82, 2.24) is 5.32 Å². The van der Waals surface area contributed by atoms with E-state index in [0.29, 0.717) is 0 Å². The number of anilines is 1. The largest absolute Gasteiger partial charge is 0.372 e. The van der Waals surface area contributed by atoms with E-state index in [2.05, 4.69) is 10.6 Å². The van der Waals surface area contributed by atoms with Crippen molar-refractivity contribution in [3.63, 3.8) is 0 Å². The van der Waals surface area contributed by atoms with Crippen LogP contribution in [0.3, 0.4) is 0 Å². The van der Waals surface area contributed by atoms with Gasteiger partial charge < -0.3 is 10.6 Å². The van der Waals surface area contributed by atoms with Crippen LogP contribution < -0.4 is 10.6 Å². The molecule has 0 aliphatic rings. The molecule has 5 heteroatoms. The third kappa shape index (κ3) is 2.70. The number of rotatable bonds is 3. The fourth-order valence-corrected chi connectivity index (χ4v) is 1.22. The molecule has 1 atom stereocenters. The summed E-state index contributed by atoms with van der Waals surface area (Å²) in [4.78, 5) is 11.2. The van der Waals surface area contributed by atoms with Gasteiger partial charge in [-0.1, -0.05) is 0 Å². The smallest absolute Gasteiger partial charge is 0.241 e. The standard InChI is InChI=1S/C11H12FN3O/c1-7(11(16)14-2)15-10-4-3-8(6-13)5-9(10)12/h3-5,7,15H,1-2H3,(H,14,16). The Balaban J connectivity index is 2.83. The highest BCUT2D eigenvalue weighted by Gasteiger charge is 2.12. The number of hydrogen-bond donors (Lipinski definition) is 2. The number of nitriles is 1. The van der Waals surface area contributed by atoms with E-state index in [1.54, 1.807) is 6.92 Å². The first kappa shape index (κ1) is 12.0. The van der Waals surface area contributed by atoms with Gasteiger partial charge in [0.1, 0.15) is 11.9 Å². The van der Waals surface area contributed by atoms with Gasteiger partial charge in [0.05, 0.1) is 17.3 Å². The van der Waals surface area contributed by atoms with Crippen molar-refractivity contribution in [3.05, 3.63) is 29.6 Å². The van der Waals surface area contributed by atoms with Crippen LogP contribution in [0.2, 0.25) is 0 Å². The highest BCUT2D eigenvalue weighted by molar-refractivity contribution is 5.83. The van der Waals surface area contributed by atoms with Crippen LogP contribution in [0.4, 0.5) is 10.1 Å². The molecule has 0 aliphatic heterocycles. The Kier molecular flexibility index (Phi) is 3.84. The molecular formula is C11H12FN3O. The lowest BCUT2D eigenvalue weighted by atomic mass is 10.2. The summed E-state index contributed by atoms with van der Waals surface area (Å²) in [5.41, 5.74) is 0.450. The lowest BCUT2D eigenvalue weighted by Gasteiger charge is -2.14. The average molecular weight is 221 g/mol. The highest BCUT2D eigenvalue weighted by atomic mass is 19.1. The van der Waals surface area contributed by atoms with Gasteiger partial charge >= 0.3 is 0 Å². The summed E-state index contributed by atoms with van der Waals surface area (Å²) >= 11 is 0. The van der Waals surface area contributed by atoms with E-state index < -0.39 is 11.9 Å². The second-order valence-electron chi connectivity index (χ2n) is 3.29. The molecule has 1 amide bonds. The minimum atomic E-state index is -0.546. The molecule has 0 fully saturated rings. The van der Waals surface area contributed by atoms with E-state index in [4.69, 9.17) is 5.26 Å². The number of nitrogens with one attached hydrogen (secondary N) is 2. The summed E-state index contributed by atoms with van der Waals surface area (Å²) in [5, 5.41) is 13.7. The number of nitrogens with zero attached hydrogens (tertiary/aromatic N) is 1. The van der Waals surface area contributed by atoms with Crippen LogP contribution in [0, 0.1) is 17.1 Å². The SMILES string of the molecule is CNC(=O)C(C)Nc1ccc(C#N)cc1F. The minimum absolute atomic E-state index is 0.204. The summed E-state index contributed by atoms with van der Waals surface area (Å²) in [6, 6.07) is 5.35. The van der Waals surface area contributed by atoms with Gasteiger partial charge in [-0.2, -0.15) is 5.26 Å². The number of halogens is 1. The van der Waals surface area contributed by atoms with Crippen LogP contribution in [-0.2, 0) is 4.79 Å². The lowest BCUT2D eigenvalue weighted by Crippen LogP contribution is -2.35. The number of carbonyl (C=O) groups excluding carboxylic acids is 1. The Morgan fingerprint density at radius 2 is 2.25 bits per heavy atom. The second-order valence-corrected chi connectivity index (χ2v) is 3.29. The molecule has 0 saturated heterocycles. The van der Waals surface area contributed by atoms with E-state index in [-0.39, 0.29) is 17.2 Å². The van der Waals surface area contributed by atoms with Crippen molar-refractivity contribution in [3.8, 4) is 6.07 Å². The number of likely N-dealkylation sites (N-methyl/N-ethyl adjacent to an activating group) is 1. The quantitative estimate of drug-likeness (QED) is 0.807. The van der Waals surface area contributed by atoms with Crippen molar-refractivity contribution >= 4 is 11.6 Å². The molecule has 0 aromatic heterocycles. The average Bonchev–Trinajstić information content (AvgIpc) is 2.30. The summed E-state index contributed by atoms with van der Waals surface area (Å²) in [6.07, 6.45) is 0. The molecule has 2 N–H and O–H groups in total. The zero-order chi connectivity index (χ0) is 12.1. The monoisotopic (exact) mass is 221 g/mol. The molecule has 1 aromatic rings. The molecule has 84 valence electrons. The predicted octanol–water partition coefficient (Wildman–Crippen LogP) is 1.24. The van der Waals surface area contributed by atoms with Crippen molar-refractivity contribution in [2.24, 2.45) is 0 Å². The van der Waals surface area contributed by atoms with Gasteiger partial charge in [-0.25, -0.2) is 4.39 Å². The fourth-order valence-electron chi connectivity index (χ4n) is 1.22. The van der Waals surface area contributed by atoms with Crippen molar-refractivity contribution in [1.29, 1.82) is 5.26 Å². The highest BCUT2D eigenvalue weighted by Crippen LogP contribution is 2.16. The zero-order valence-electron chi connectivity index (χ0n) is 9.04. The zero-order valence-corrected chi connectivity index (χ0v) is 9.04. The van der Waals surface area contributed by atoms with Crippen LogP contribution in [-0.4, -0.2) is 19.0 Å². The topological polar surface area (TPSA) is 64.9 Å². The number of hydrogen-bond acceptors (Lipinski definition) is 3. The summed E-state index contributed by atoms with van der Waals surface area (Å²) in [6.45, 7) is 1.62. The Hall–Kier alpha value is -2.09. The van der Waals surface area contributed by atoms with Gasteiger partial charge in [-0.05, 0) is 25.1 Å². The molecule has 0 aliphatic carbocycles. The summed E-state index contributed by atoms with van der Waals surface area (Å²) in [5.74, 6) is -0.779. The van der Waals surface area contributed by atoms with Gasteiger partial charge in [0.25, 0.3) is 0 Å². The van der Waals surface area contributed by atoms with Crippen LogP contribution in [0.5, 0.6) is 0 Å². The maximum Gasteiger partial charge on any atom is 0.241 e. The molecule has 1 aromatic carbocycles. The van der Waals surface area contributed by atoms with Crippen molar-refractivity contribution < 1.29 is 9.18 Å². The maximum atomic E-state index is 13.4. The van der Waals surface area contributed by atoms with Crippen LogP contribution in [0.15, 0.2) is 18.2 Å². The van der Waals surface area contributed by atoms with Gasteiger partial charge in [0, 0.05) is 7.05 Å². The van der Waals surface area contributed by atoms with Gasteiger partial charge in [-0.3, -0.25) is 4.79 Å². The second kappa shape index (κ2) is 5.12. The lowest BCUT2D eigenvalue weighted by molar-refractivity contribution is -0.121. The third-order valence-electron chi connectivity index (χ3n) is 2.11. The van der Waals surface area contributed by atoms with Gasteiger partial charge in [0.2, 0.25) is 5.91 Å². The van der Waals surface area contributed by atoms with Crippen LogP contribution in [0.1, 0.15) is 12.5 Å². The number of amides is 1. The van der Waals surface area contributed by atoms with Crippen LogP contribution in [0.25, 0.3) is 0 Å². The molecule has 0 radical (unpaired) electrons. The molecule has 16 heavy (non-hydrogen) atoms. The van der Waals surface area contributed by atoms with Gasteiger partial charge in [0.15, 0.2) is 0 Å². The molecule has 0 bridgehead atoms. The molecule has 4 nitrogen and oxygen atoms in total. The van der Waals surface area contributed by atoms with Crippen molar-refractivity contribution in [2.75, 3.05) is 12.4 Å². The van der Waals surface area contributed by atoms with E-state index in [1.165, 1.54) is 19.2 Å². The number of carbonyl (C=O) groups is 1. The number of benzene rings is 1. The first-order chi connectivity index (χ1) is 7.58. The first-order valence-corrected chi connectivity index (χ1v) is 4.76. The van der Waals surface area contributed by atoms with E-state index >= 15 is 0 Å². The molecule has 1 rings (SSSR count). The van der Waals surface area contributed by atoms with Crippen molar-refractivity contribution in [2.45, 2.75) is 13.0 Å². The molecule has 0 saturated carbocycles. The first-order valence-electron chi connectivity index (χ1n) is 4.76. The summed E-state index contributed by atoms with van der Waals surface area (Å²) in [7, 11) is 1.51. The molecule has 0 spiro atoms. The molecule has 0 heterocycles. The Labute approximate surface area is 93.1 Å². The minimum Gasteiger partial charge on any atom is -0.372 e. The van der Waals surface area contributed by atoms with Gasteiger partial charge in [-0.15, -0.1) is 0 Å². The molecular weight excluding hydrogens is 209 g/mol. The Morgan fingerprint density at radius 1 is 1.56 bits per heavy atom. The summed E-state index contributed by atoms with van der Waals surface area (Å²) < 4.78 is 13.4. The predicted molar refractivity (Wildman–Crippen MR) is 58.3 cm³/mol. The van der Waals surface area contributed by atoms with E-state index in [9.17, 15) is 9.18 Å². The van der Waals surface area contributed by atoms with Crippen LogP contribution >= 0.6 is 0 Å².